The molecule has 0 atom stereocenters. The van der Waals surface area contributed by atoms with Gasteiger partial charge in [-0.15, -0.1) is 0 Å². The number of carboxylic acids is 1. The summed E-state index contributed by atoms with van der Waals surface area (Å²) in [6, 6.07) is 20.2. The molecule has 0 aromatic heterocycles. The zero-order chi connectivity index (χ0) is 19.3. The average Bonchev–Trinajstić information content (AvgIpc) is 2.72. The van der Waals surface area contributed by atoms with Crippen LogP contribution in [-0.2, 0) is 4.79 Å². The number of benzene rings is 4. The van der Waals surface area contributed by atoms with Crippen molar-refractivity contribution in [1.29, 1.82) is 0 Å². The number of aliphatic carboxylic acids is 1. The lowest BCUT2D eigenvalue weighted by molar-refractivity contribution is -0.132. The van der Waals surface area contributed by atoms with E-state index in [0.717, 1.165) is 25.7 Å². The van der Waals surface area contributed by atoms with Gasteiger partial charge in [0, 0.05) is 5.57 Å². The van der Waals surface area contributed by atoms with Crippen LogP contribution in [0.2, 0.25) is 0 Å². The van der Waals surface area contributed by atoms with Gasteiger partial charge in [0.05, 0.1) is 0 Å². The molecule has 1 fully saturated rings. The molecule has 0 saturated heterocycles. The van der Waals surface area contributed by atoms with Crippen molar-refractivity contribution in [2.45, 2.75) is 38.5 Å². The summed E-state index contributed by atoms with van der Waals surface area (Å²) >= 11 is 0. The first kappa shape index (κ1) is 17.2. The van der Waals surface area contributed by atoms with E-state index in [4.69, 9.17) is 5.11 Å². The first-order chi connectivity index (χ1) is 13.6. The lowest BCUT2D eigenvalue weighted by Crippen LogP contribution is -2.13. The monoisotopic (exact) mass is 368 g/mol. The lowest BCUT2D eigenvalue weighted by Gasteiger charge is -2.29. The summed E-state index contributed by atoms with van der Waals surface area (Å²) in [5, 5.41) is 17.3. The van der Waals surface area contributed by atoms with Crippen LogP contribution in [0.1, 0.15) is 44.1 Å². The van der Waals surface area contributed by atoms with Gasteiger partial charge in [-0.1, -0.05) is 60.7 Å². The Morgan fingerprint density at radius 3 is 2.25 bits per heavy atom. The molecule has 0 unspecified atom stereocenters. The molecule has 5 rings (SSSR count). The quantitative estimate of drug-likeness (QED) is 0.316. The van der Waals surface area contributed by atoms with Crippen LogP contribution in [0.4, 0.5) is 0 Å². The predicted octanol–water partition coefficient (Wildman–Crippen LogP) is 6.89. The molecule has 2 nitrogen and oxygen atoms in total. The highest BCUT2D eigenvalue weighted by atomic mass is 16.4. The van der Waals surface area contributed by atoms with Crippen LogP contribution in [0, 0.1) is 5.92 Å². The Balaban J connectivity index is 1.57. The number of rotatable bonds is 3. The van der Waals surface area contributed by atoms with Crippen LogP contribution in [0.3, 0.4) is 0 Å². The van der Waals surface area contributed by atoms with E-state index in [9.17, 15) is 4.79 Å². The van der Waals surface area contributed by atoms with Gasteiger partial charge in [0.2, 0.25) is 0 Å². The zero-order valence-electron chi connectivity index (χ0n) is 16.1. The summed E-state index contributed by atoms with van der Waals surface area (Å²) in [5.41, 5.74) is 1.94. The zero-order valence-corrected chi connectivity index (χ0v) is 16.1. The third-order valence-corrected chi connectivity index (χ3v) is 6.57. The number of carbonyl (C=O) groups is 1. The van der Waals surface area contributed by atoms with Gasteiger partial charge < -0.3 is 5.11 Å². The lowest BCUT2D eigenvalue weighted by atomic mass is 9.76. The maximum absolute atomic E-state index is 11.1. The standard InChI is InChI=1S/C26H24O2/c1-16(26(27)28)14-17-8-10-18(11-9-17)23-15-21-6-2-4-19-12-13-20-5-3-7-22(23)25(20)24(19)21/h2-7,12-15,17-18H,8-11H2,1H3,(H,27,28)/b16-14+. The summed E-state index contributed by atoms with van der Waals surface area (Å²) < 4.78 is 0. The van der Waals surface area contributed by atoms with E-state index in [1.54, 1.807) is 6.92 Å². The summed E-state index contributed by atoms with van der Waals surface area (Å²) in [5.74, 6) is 0.139. The van der Waals surface area contributed by atoms with E-state index >= 15 is 0 Å². The van der Waals surface area contributed by atoms with Gasteiger partial charge in [-0.05, 0) is 82.3 Å². The molecule has 0 aliphatic heterocycles. The molecule has 1 aliphatic rings. The minimum absolute atomic E-state index is 0.392. The van der Waals surface area contributed by atoms with Gasteiger partial charge in [-0.3, -0.25) is 0 Å². The summed E-state index contributed by atoms with van der Waals surface area (Å²) in [7, 11) is 0. The summed E-state index contributed by atoms with van der Waals surface area (Å²) in [6.07, 6.45) is 6.33. The maximum Gasteiger partial charge on any atom is 0.330 e. The van der Waals surface area contributed by atoms with Crippen molar-refractivity contribution in [2.75, 3.05) is 0 Å². The third kappa shape index (κ3) is 2.75. The molecule has 4 aromatic rings. The Morgan fingerprint density at radius 1 is 0.893 bits per heavy atom. The Hall–Kier alpha value is -2.87. The Bertz CT molecular complexity index is 1210. The van der Waals surface area contributed by atoms with Gasteiger partial charge in [0.1, 0.15) is 0 Å². The third-order valence-electron chi connectivity index (χ3n) is 6.57. The van der Waals surface area contributed by atoms with Crippen molar-refractivity contribution in [3.05, 3.63) is 71.8 Å². The molecule has 28 heavy (non-hydrogen) atoms. The van der Waals surface area contributed by atoms with Crippen LogP contribution in [0.25, 0.3) is 32.3 Å². The Morgan fingerprint density at radius 2 is 1.54 bits per heavy atom. The van der Waals surface area contributed by atoms with Gasteiger partial charge in [-0.2, -0.15) is 0 Å². The van der Waals surface area contributed by atoms with E-state index in [1.807, 2.05) is 6.08 Å². The van der Waals surface area contributed by atoms with Crippen molar-refractivity contribution in [2.24, 2.45) is 5.92 Å². The molecule has 2 heteroatoms. The van der Waals surface area contributed by atoms with E-state index < -0.39 is 5.97 Å². The largest absolute Gasteiger partial charge is 0.478 e. The minimum Gasteiger partial charge on any atom is -0.478 e. The highest BCUT2D eigenvalue weighted by Crippen LogP contribution is 2.43. The number of carboxylic acid groups (broad SMARTS) is 1. The molecule has 0 heterocycles. The first-order valence-corrected chi connectivity index (χ1v) is 10.2. The van der Waals surface area contributed by atoms with Crippen LogP contribution in [0.5, 0.6) is 0 Å². The topological polar surface area (TPSA) is 37.3 Å². The molecule has 0 spiro atoms. The van der Waals surface area contributed by atoms with Gasteiger partial charge >= 0.3 is 5.97 Å². The smallest absolute Gasteiger partial charge is 0.330 e. The van der Waals surface area contributed by atoms with Crippen molar-refractivity contribution < 1.29 is 9.90 Å². The van der Waals surface area contributed by atoms with E-state index in [0.29, 0.717) is 17.4 Å². The molecule has 4 aromatic carbocycles. The number of hydrogen-bond donors (Lipinski definition) is 1. The molecule has 1 N–H and O–H groups in total. The summed E-state index contributed by atoms with van der Waals surface area (Å²) in [6.45, 7) is 1.70. The fourth-order valence-corrected chi connectivity index (χ4v) is 5.15. The molecule has 0 radical (unpaired) electrons. The molecular weight excluding hydrogens is 344 g/mol. The molecule has 140 valence electrons. The van der Waals surface area contributed by atoms with E-state index in [1.165, 1.54) is 37.9 Å². The Labute approximate surface area is 164 Å². The SMILES string of the molecule is C/C(=C\C1CCC(c2cc3cccc4ccc5cccc2c5c43)CC1)C(=O)O. The average molecular weight is 368 g/mol. The minimum atomic E-state index is -0.798. The van der Waals surface area contributed by atoms with Crippen LogP contribution in [-0.4, -0.2) is 11.1 Å². The van der Waals surface area contributed by atoms with Crippen LogP contribution >= 0.6 is 0 Å². The molecule has 0 bridgehead atoms. The highest BCUT2D eigenvalue weighted by molar-refractivity contribution is 6.23. The Kier molecular flexibility index (Phi) is 4.08. The van der Waals surface area contributed by atoms with Gasteiger partial charge in [0.15, 0.2) is 0 Å². The van der Waals surface area contributed by atoms with Crippen LogP contribution in [0.15, 0.2) is 66.2 Å². The fourth-order valence-electron chi connectivity index (χ4n) is 5.15. The number of allylic oxidation sites excluding steroid dienone is 1. The van der Waals surface area contributed by atoms with Crippen molar-refractivity contribution in [1.82, 2.24) is 0 Å². The molecule has 1 aliphatic carbocycles. The summed E-state index contributed by atoms with van der Waals surface area (Å²) in [4.78, 5) is 11.1. The maximum atomic E-state index is 11.1. The normalized spacial score (nSPS) is 21.0. The van der Waals surface area contributed by atoms with Crippen molar-refractivity contribution in [3.8, 4) is 0 Å². The highest BCUT2D eigenvalue weighted by Gasteiger charge is 2.24. The van der Waals surface area contributed by atoms with Gasteiger partial charge in [-0.25, -0.2) is 4.79 Å². The second-order valence-electron chi connectivity index (χ2n) is 8.28. The first-order valence-electron chi connectivity index (χ1n) is 10.2. The predicted molar refractivity (Wildman–Crippen MR) is 116 cm³/mol. The van der Waals surface area contributed by atoms with Crippen LogP contribution < -0.4 is 0 Å². The molecule has 1 saturated carbocycles. The van der Waals surface area contributed by atoms with Gasteiger partial charge in [0.25, 0.3) is 0 Å². The fraction of sp³-hybridized carbons (Fsp3) is 0.269. The van der Waals surface area contributed by atoms with Crippen molar-refractivity contribution >= 4 is 38.3 Å². The molecular formula is C26H24O2. The van der Waals surface area contributed by atoms with E-state index in [-0.39, 0.29) is 0 Å². The van der Waals surface area contributed by atoms with Crippen molar-refractivity contribution in [3.63, 3.8) is 0 Å². The molecule has 0 amide bonds. The second-order valence-corrected chi connectivity index (χ2v) is 8.28. The number of hydrogen-bond acceptors (Lipinski definition) is 1. The van der Waals surface area contributed by atoms with E-state index in [2.05, 4.69) is 54.6 Å². The second kappa shape index (κ2) is 6.63.